The standard InChI is InChI=1S/C28H26F4N4O5/c1-26(33)13-41-24-18(26)11-20(35-23(24)14-3-6-17(29)7-4-14)27(39,28(30,31)32)12-34-25(38)16-9-15-5-8-21(37)36-22(15)19(10-16)40-2/h3-4,6-7,9-11,39H,5,8,12-13,33H2,1-2H3,(H,34,38)(H,36,37). The van der Waals surface area contributed by atoms with Crippen molar-refractivity contribution in [3.8, 4) is 22.8 Å². The third-order valence-electron chi connectivity index (χ3n) is 7.17. The van der Waals surface area contributed by atoms with E-state index in [2.05, 4.69) is 15.6 Å². The van der Waals surface area contributed by atoms with Gasteiger partial charge in [-0.1, -0.05) is 0 Å². The number of aliphatic hydroxyl groups is 1. The van der Waals surface area contributed by atoms with E-state index in [1.165, 1.54) is 31.4 Å². The number of nitrogens with one attached hydrogen (secondary N) is 2. The Kier molecular flexibility index (Phi) is 6.90. The summed E-state index contributed by atoms with van der Waals surface area (Å²) in [4.78, 5) is 28.9. The molecule has 3 aromatic rings. The van der Waals surface area contributed by atoms with E-state index >= 15 is 0 Å². The molecule has 0 radical (unpaired) electrons. The maximum absolute atomic E-state index is 14.5. The molecular weight excluding hydrogens is 548 g/mol. The molecule has 9 nitrogen and oxygen atoms in total. The van der Waals surface area contributed by atoms with Gasteiger partial charge in [0.2, 0.25) is 11.5 Å². The van der Waals surface area contributed by atoms with Crippen molar-refractivity contribution in [2.45, 2.75) is 37.1 Å². The number of anilines is 1. The molecule has 13 heteroatoms. The lowest BCUT2D eigenvalue weighted by Crippen LogP contribution is -2.51. The first-order valence-corrected chi connectivity index (χ1v) is 12.6. The number of amides is 2. The molecule has 216 valence electrons. The van der Waals surface area contributed by atoms with Crippen LogP contribution < -0.4 is 25.8 Å². The maximum atomic E-state index is 14.5. The summed E-state index contributed by atoms with van der Waals surface area (Å²) in [5.74, 6) is -1.44. The van der Waals surface area contributed by atoms with Gasteiger partial charge in [-0.25, -0.2) is 9.37 Å². The summed E-state index contributed by atoms with van der Waals surface area (Å²) in [6, 6.07) is 8.59. The first-order chi connectivity index (χ1) is 19.2. The average Bonchev–Trinajstić information content (AvgIpc) is 3.24. The zero-order valence-corrected chi connectivity index (χ0v) is 22.0. The van der Waals surface area contributed by atoms with Crippen LogP contribution in [0, 0.1) is 5.82 Å². The van der Waals surface area contributed by atoms with E-state index in [-0.39, 0.29) is 52.8 Å². The van der Waals surface area contributed by atoms with Gasteiger partial charge < -0.3 is 30.9 Å². The van der Waals surface area contributed by atoms with Crippen molar-refractivity contribution in [2.24, 2.45) is 5.73 Å². The summed E-state index contributed by atoms with van der Waals surface area (Å²) >= 11 is 0. The van der Waals surface area contributed by atoms with Gasteiger partial charge in [0.25, 0.3) is 5.91 Å². The predicted octanol–water partition coefficient (Wildman–Crippen LogP) is 3.53. The fourth-order valence-corrected chi connectivity index (χ4v) is 4.82. The summed E-state index contributed by atoms with van der Waals surface area (Å²) in [5, 5.41) is 16.0. The van der Waals surface area contributed by atoms with Gasteiger partial charge in [0.05, 0.1) is 30.6 Å². The number of alkyl halides is 3. The lowest BCUT2D eigenvalue weighted by molar-refractivity contribution is -0.265. The second-order valence-corrected chi connectivity index (χ2v) is 10.2. The minimum Gasteiger partial charge on any atom is -0.495 e. The Morgan fingerprint density at radius 3 is 2.59 bits per heavy atom. The van der Waals surface area contributed by atoms with Crippen LogP contribution in [0.4, 0.5) is 23.2 Å². The fourth-order valence-electron chi connectivity index (χ4n) is 4.82. The van der Waals surface area contributed by atoms with E-state index in [1.54, 1.807) is 6.92 Å². The molecule has 1 aromatic heterocycles. The third-order valence-corrected chi connectivity index (χ3v) is 7.17. The minimum absolute atomic E-state index is 0.0295. The van der Waals surface area contributed by atoms with Gasteiger partial charge in [-0.3, -0.25) is 9.59 Å². The van der Waals surface area contributed by atoms with Crippen LogP contribution in [0.1, 0.15) is 40.5 Å². The van der Waals surface area contributed by atoms with Crippen molar-refractivity contribution in [1.29, 1.82) is 0 Å². The fraction of sp³-hybridized carbons (Fsp3) is 0.321. The van der Waals surface area contributed by atoms with Crippen molar-refractivity contribution in [3.63, 3.8) is 0 Å². The normalized spacial score (nSPS) is 19.4. The van der Waals surface area contributed by atoms with Gasteiger partial charge in [0, 0.05) is 23.1 Å². The first-order valence-electron chi connectivity index (χ1n) is 12.6. The lowest BCUT2D eigenvalue weighted by Gasteiger charge is -2.31. The predicted molar refractivity (Wildman–Crippen MR) is 139 cm³/mol. The van der Waals surface area contributed by atoms with Crippen LogP contribution in [0.15, 0.2) is 42.5 Å². The number of benzene rings is 2. The average molecular weight is 575 g/mol. The third kappa shape index (κ3) is 5.06. The summed E-state index contributed by atoms with van der Waals surface area (Å²) < 4.78 is 68.1. The van der Waals surface area contributed by atoms with Gasteiger partial charge in [-0.2, -0.15) is 13.2 Å². The Hall–Kier alpha value is -4.23. The van der Waals surface area contributed by atoms with E-state index in [9.17, 15) is 32.3 Å². The van der Waals surface area contributed by atoms with Crippen LogP contribution >= 0.6 is 0 Å². The number of methoxy groups -OCH3 is 1. The minimum atomic E-state index is -5.29. The number of aromatic nitrogens is 1. The van der Waals surface area contributed by atoms with E-state index in [0.29, 0.717) is 17.7 Å². The summed E-state index contributed by atoms with van der Waals surface area (Å²) in [7, 11) is 1.33. The molecule has 5 rings (SSSR count). The Morgan fingerprint density at radius 1 is 1.22 bits per heavy atom. The highest BCUT2D eigenvalue weighted by Gasteiger charge is 2.57. The van der Waals surface area contributed by atoms with E-state index in [4.69, 9.17) is 15.2 Å². The van der Waals surface area contributed by atoms with Gasteiger partial charge in [-0.05, 0) is 61.4 Å². The van der Waals surface area contributed by atoms with Crippen molar-refractivity contribution in [1.82, 2.24) is 10.3 Å². The van der Waals surface area contributed by atoms with E-state index in [1.807, 2.05) is 0 Å². The molecule has 2 unspecified atom stereocenters. The van der Waals surface area contributed by atoms with Crippen LogP contribution in [-0.2, 0) is 22.4 Å². The molecule has 2 aromatic carbocycles. The largest absolute Gasteiger partial charge is 0.495 e. The molecule has 2 aliphatic rings. The molecule has 0 saturated carbocycles. The van der Waals surface area contributed by atoms with Crippen LogP contribution in [-0.4, -0.2) is 48.3 Å². The van der Waals surface area contributed by atoms with Crippen LogP contribution in [0.2, 0.25) is 0 Å². The Bertz CT molecular complexity index is 1520. The van der Waals surface area contributed by atoms with Gasteiger partial charge in [0.1, 0.15) is 23.9 Å². The maximum Gasteiger partial charge on any atom is 0.424 e. The number of nitrogens with two attached hydrogens (primary N) is 1. The van der Waals surface area contributed by atoms with Crippen molar-refractivity contribution >= 4 is 17.5 Å². The summed E-state index contributed by atoms with van der Waals surface area (Å²) in [6.45, 7) is 0.198. The highest BCUT2D eigenvalue weighted by molar-refractivity contribution is 6.00. The molecule has 0 saturated heterocycles. The Balaban J connectivity index is 1.53. The number of carbonyl (C=O) groups excluding carboxylic acids is 2. The van der Waals surface area contributed by atoms with Crippen LogP contribution in [0.5, 0.6) is 11.5 Å². The lowest BCUT2D eigenvalue weighted by atomic mass is 9.89. The Labute approximate surface area is 231 Å². The van der Waals surface area contributed by atoms with Crippen molar-refractivity contribution < 1.29 is 41.7 Å². The molecule has 2 amide bonds. The van der Waals surface area contributed by atoms with Gasteiger partial charge in [0.15, 0.2) is 5.75 Å². The molecule has 0 bridgehead atoms. The van der Waals surface area contributed by atoms with Crippen molar-refractivity contribution in [2.75, 3.05) is 25.6 Å². The molecular formula is C28H26F4N4O5. The number of aryl methyl sites for hydroxylation is 1. The number of halogens is 4. The monoisotopic (exact) mass is 574 g/mol. The number of hydrogen-bond acceptors (Lipinski definition) is 7. The number of hydrogen-bond donors (Lipinski definition) is 4. The van der Waals surface area contributed by atoms with E-state index < -0.39 is 41.3 Å². The number of ether oxygens (including phenoxy) is 2. The molecule has 41 heavy (non-hydrogen) atoms. The quantitative estimate of drug-likeness (QED) is 0.331. The molecule has 2 atom stereocenters. The van der Waals surface area contributed by atoms with Crippen LogP contribution in [0.3, 0.4) is 0 Å². The highest BCUT2D eigenvalue weighted by atomic mass is 19.4. The van der Waals surface area contributed by atoms with Gasteiger partial charge in [-0.15, -0.1) is 0 Å². The highest BCUT2D eigenvalue weighted by Crippen LogP contribution is 2.46. The van der Waals surface area contributed by atoms with Crippen molar-refractivity contribution in [3.05, 3.63) is 70.7 Å². The van der Waals surface area contributed by atoms with Crippen LogP contribution in [0.25, 0.3) is 11.3 Å². The number of carbonyl (C=O) groups is 2. The summed E-state index contributed by atoms with van der Waals surface area (Å²) in [6.07, 6.45) is -4.82. The summed E-state index contributed by atoms with van der Waals surface area (Å²) in [5.41, 5.74) is 1.87. The molecule has 0 fully saturated rings. The number of nitrogens with zero attached hydrogens (tertiary/aromatic N) is 1. The zero-order valence-electron chi connectivity index (χ0n) is 22.0. The number of fused-ring (bicyclic) bond motifs is 2. The number of pyridine rings is 1. The molecule has 3 heterocycles. The molecule has 0 spiro atoms. The Morgan fingerprint density at radius 2 is 1.93 bits per heavy atom. The smallest absolute Gasteiger partial charge is 0.424 e. The molecule has 2 aliphatic heterocycles. The first kappa shape index (κ1) is 28.3. The molecule has 5 N–H and O–H groups in total. The zero-order chi connectivity index (χ0) is 29.7. The SMILES string of the molecule is COc1cc(C(=O)NCC(O)(c2cc3c(c(-c4ccc(F)cc4)n2)OCC3(C)N)C(F)(F)F)cc2c1NC(=O)CC2. The number of rotatable bonds is 6. The van der Waals surface area contributed by atoms with E-state index in [0.717, 1.165) is 18.2 Å². The topological polar surface area (TPSA) is 136 Å². The van der Waals surface area contributed by atoms with Gasteiger partial charge >= 0.3 is 6.18 Å². The second-order valence-electron chi connectivity index (χ2n) is 10.2. The second kappa shape index (κ2) is 10.00. The molecule has 0 aliphatic carbocycles.